The highest BCUT2D eigenvalue weighted by molar-refractivity contribution is 7.89. The molecule has 1 aromatic carbocycles. The molecule has 0 aliphatic heterocycles. The lowest BCUT2D eigenvalue weighted by atomic mass is 10.1. The Hall–Kier alpha value is -1.38. The minimum Gasteiger partial charge on any atom is -0.207 e. The summed E-state index contributed by atoms with van der Waals surface area (Å²) >= 11 is 0. The normalized spacial score (nSPS) is 13.5. The summed E-state index contributed by atoms with van der Waals surface area (Å²) in [5.74, 6) is 0.248. The lowest BCUT2D eigenvalue weighted by Crippen LogP contribution is -2.38. The summed E-state index contributed by atoms with van der Waals surface area (Å²) in [6.07, 6.45) is 0.290. The molecular weight excluding hydrogens is 260 g/mol. The monoisotopic (exact) mass is 280 g/mol. The molecule has 0 amide bonds. The Morgan fingerprint density at radius 3 is 2.16 bits per heavy atom. The first-order valence-corrected chi connectivity index (χ1v) is 7.68. The van der Waals surface area contributed by atoms with Crippen LogP contribution in [0.3, 0.4) is 0 Å². The minimum absolute atomic E-state index is 0.0659. The standard InChI is InChI=1S/C14H20N2O2S/c1-11(2)12(3)16(4)19(17,18)14-7-5-13(6-8-14)9-10-15/h5-8,11-12H,9H2,1-4H3. The molecule has 0 aliphatic carbocycles. The topological polar surface area (TPSA) is 61.2 Å². The maximum Gasteiger partial charge on any atom is 0.243 e. The van der Waals surface area contributed by atoms with Crippen LogP contribution in [0.5, 0.6) is 0 Å². The zero-order chi connectivity index (χ0) is 14.6. The molecule has 1 unspecified atom stereocenters. The molecule has 0 bridgehead atoms. The minimum atomic E-state index is -3.46. The van der Waals surface area contributed by atoms with Crippen molar-refractivity contribution in [2.75, 3.05) is 7.05 Å². The highest BCUT2D eigenvalue weighted by atomic mass is 32.2. The third kappa shape index (κ3) is 3.55. The number of nitrogens with zero attached hydrogens (tertiary/aromatic N) is 2. The summed E-state index contributed by atoms with van der Waals surface area (Å²) in [6.45, 7) is 5.88. The van der Waals surface area contributed by atoms with Crippen LogP contribution in [-0.2, 0) is 16.4 Å². The first-order valence-electron chi connectivity index (χ1n) is 6.24. The van der Waals surface area contributed by atoms with Gasteiger partial charge >= 0.3 is 0 Å². The van der Waals surface area contributed by atoms with Crippen molar-refractivity contribution in [3.63, 3.8) is 0 Å². The van der Waals surface area contributed by atoms with Gasteiger partial charge in [0.05, 0.1) is 17.4 Å². The van der Waals surface area contributed by atoms with Crippen LogP contribution in [-0.4, -0.2) is 25.8 Å². The van der Waals surface area contributed by atoms with E-state index < -0.39 is 10.0 Å². The average molecular weight is 280 g/mol. The number of rotatable bonds is 5. The molecule has 1 rings (SSSR count). The van der Waals surface area contributed by atoms with Gasteiger partial charge in [0, 0.05) is 13.1 Å². The van der Waals surface area contributed by atoms with E-state index in [-0.39, 0.29) is 16.9 Å². The number of sulfonamides is 1. The van der Waals surface area contributed by atoms with Crippen molar-refractivity contribution < 1.29 is 8.42 Å². The van der Waals surface area contributed by atoms with Crippen LogP contribution in [0.25, 0.3) is 0 Å². The van der Waals surface area contributed by atoms with Gasteiger partial charge in [0.15, 0.2) is 0 Å². The molecule has 0 saturated heterocycles. The molecule has 0 radical (unpaired) electrons. The number of benzene rings is 1. The number of hydrogen-bond acceptors (Lipinski definition) is 3. The summed E-state index contributed by atoms with van der Waals surface area (Å²) in [7, 11) is -1.86. The van der Waals surface area contributed by atoms with E-state index in [4.69, 9.17) is 5.26 Å². The Morgan fingerprint density at radius 2 is 1.74 bits per heavy atom. The van der Waals surface area contributed by atoms with Crippen LogP contribution in [0.1, 0.15) is 26.3 Å². The Kier molecular flexibility index (Phi) is 5.10. The predicted octanol–water partition coefficient (Wildman–Crippen LogP) is 2.42. The SMILES string of the molecule is CC(C)C(C)N(C)S(=O)(=O)c1ccc(CC#N)cc1. The van der Waals surface area contributed by atoms with E-state index in [0.29, 0.717) is 6.42 Å². The van der Waals surface area contributed by atoms with Crippen molar-refractivity contribution in [3.8, 4) is 6.07 Å². The van der Waals surface area contributed by atoms with Crippen LogP contribution < -0.4 is 0 Å². The van der Waals surface area contributed by atoms with Crippen LogP contribution in [0.15, 0.2) is 29.2 Å². The Bertz CT molecular complexity index is 556. The summed E-state index contributed by atoms with van der Waals surface area (Å²) in [5.41, 5.74) is 0.820. The molecule has 104 valence electrons. The fourth-order valence-corrected chi connectivity index (χ4v) is 3.17. The van der Waals surface area contributed by atoms with Crippen LogP contribution in [0, 0.1) is 17.2 Å². The summed E-state index contributed by atoms with van der Waals surface area (Å²) in [6, 6.07) is 8.46. The second-order valence-electron chi connectivity index (χ2n) is 4.98. The van der Waals surface area contributed by atoms with E-state index in [9.17, 15) is 8.42 Å². The van der Waals surface area contributed by atoms with Gasteiger partial charge in [0.2, 0.25) is 10.0 Å². The molecule has 5 heteroatoms. The summed E-state index contributed by atoms with van der Waals surface area (Å²) in [5, 5.41) is 8.59. The van der Waals surface area contributed by atoms with Gasteiger partial charge in [-0.3, -0.25) is 0 Å². The van der Waals surface area contributed by atoms with Gasteiger partial charge in [-0.15, -0.1) is 0 Å². The second kappa shape index (κ2) is 6.18. The van der Waals surface area contributed by atoms with E-state index in [1.807, 2.05) is 26.8 Å². The maximum absolute atomic E-state index is 12.4. The average Bonchev–Trinajstić information content (AvgIpc) is 2.37. The molecule has 0 N–H and O–H groups in total. The van der Waals surface area contributed by atoms with Crippen LogP contribution in [0.4, 0.5) is 0 Å². The summed E-state index contributed by atoms with van der Waals surface area (Å²) < 4.78 is 26.2. The highest BCUT2D eigenvalue weighted by Crippen LogP contribution is 2.20. The zero-order valence-corrected chi connectivity index (χ0v) is 12.6. The largest absolute Gasteiger partial charge is 0.243 e. The first-order chi connectivity index (χ1) is 8.80. The van der Waals surface area contributed by atoms with Gasteiger partial charge in [-0.05, 0) is 30.5 Å². The van der Waals surface area contributed by atoms with Crippen LogP contribution >= 0.6 is 0 Å². The van der Waals surface area contributed by atoms with E-state index in [1.54, 1.807) is 31.3 Å². The predicted molar refractivity (Wildman–Crippen MR) is 75.0 cm³/mol. The molecule has 1 atom stereocenters. The zero-order valence-electron chi connectivity index (χ0n) is 11.8. The third-order valence-electron chi connectivity index (χ3n) is 3.42. The molecule has 0 spiro atoms. The van der Waals surface area contributed by atoms with Crippen molar-refractivity contribution in [2.24, 2.45) is 5.92 Å². The van der Waals surface area contributed by atoms with E-state index in [0.717, 1.165) is 5.56 Å². The molecule has 4 nitrogen and oxygen atoms in total. The fraction of sp³-hybridized carbons (Fsp3) is 0.500. The van der Waals surface area contributed by atoms with Crippen molar-refractivity contribution >= 4 is 10.0 Å². The molecular formula is C14H20N2O2S. The lowest BCUT2D eigenvalue weighted by Gasteiger charge is -2.27. The molecule has 0 aromatic heterocycles. The van der Waals surface area contributed by atoms with Crippen molar-refractivity contribution in [2.45, 2.75) is 38.1 Å². The van der Waals surface area contributed by atoms with Gasteiger partial charge in [0.25, 0.3) is 0 Å². The van der Waals surface area contributed by atoms with E-state index in [1.165, 1.54) is 4.31 Å². The van der Waals surface area contributed by atoms with Gasteiger partial charge < -0.3 is 0 Å². The second-order valence-corrected chi connectivity index (χ2v) is 6.98. The van der Waals surface area contributed by atoms with Crippen molar-refractivity contribution in [3.05, 3.63) is 29.8 Å². The van der Waals surface area contributed by atoms with Crippen molar-refractivity contribution in [1.82, 2.24) is 4.31 Å². The van der Waals surface area contributed by atoms with Gasteiger partial charge in [-0.1, -0.05) is 26.0 Å². The quantitative estimate of drug-likeness (QED) is 0.832. The molecule has 0 aliphatic rings. The Balaban J connectivity index is 3.04. The third-order valence-corrected chi connectivity index (χ3v) is 5.38. The smallest absolute Gasteiger partial charge is 0.207 e. The Labute approximate surface area is 115 Å². The highest BCUT2D eigenvalue weighted by Gasteiger charge is 2.26. The molecule has 0 saturated carbocycles. The molecule has 1 aromatic rings. The van der Waals surface area contributed by atoms with E-state index >= 15 is 0 Å². The van der Waals surface area contributed by atoms with E-state index in [2.05, 4.69) is 0 Å². The van der Waals surface area contributed by atoms with Crippen LogP contribution in [0.2, 0.25) is 0 Å². The van der Waals surface area contributed by atoms with Gasteiger partial charge in [-0.2, -0.15) is 9.57 Å². The summed E-state index contributed by atoms with van der Waals surface area (Å²) in [4.78, 5) is 0.268. The Morgan fingerprint density at radius 1 is 1.21 bits per heavy atom. The van der Waals surface area contributed by atoms with Gasteiger partial charge in [-0.25, -0.2) is 8.42 Å². The number of nitriles is 1. The lowest BCUT2D eigenvalue weighted by molar-refractivity contribution is 0.316. The van der Waals surface area contributed by atoms with Crippen molar-refractivity contribution in [1.29, 1.82) is 5.26 Å². The first kappa shape index (κ1) is 15.7. The molecule has 0 fully saturated rings. The maximum atomic E-state index is 12.4. The number of hydrogen-bond donors (Lipinski definition) is 0. The van der Waals surface area contributed by atoms with Gasteiger partial charge in [0.1, 0.15) is 0 Å². The molecule has 0 heterocycles. The fourth-order valence-electron chi connectivity index (χ4n) is 1.68. The molecule has 19 heavy (non-hydrogen) atoms.